The normalized spacial score (nSPS) is 10.6. The third-order valence-electron chi connectivity index (χ3n) is 3.54. The fourth-order valence-corrected chi connectivity index (χ4v) is 2.30. The van der Waals surface area contributed by atoms with E-state index in [0.717, 1.165) is 16.8 Å². The number of rotatable bonds is 5. The summed E-state index contributed by atoms with van der Waals surface area (Å²) in [5, 5.41) is 3.08. The minimum atomic E-state index is -0.0203. The third-order valence-corrected chi connectivity index (χ3v) is 3.54. The Morgan fingerprint density at radius 3 is 1.91 bits per heavy atom. The maximum Gasteiger partial charge on any atom is 0.187 e. The van der Waals surface area contributed by atoms with E-state index in [1.807, 2.05) is 72.8 Å². The summed E-state index contributed by atoms with van der Waals surface area (Å²) in [7, 11) is 0. The van der Waals surface area contributed by atoms with Crippen LogP contribution in [0.2, 0.25) is 0 Å². The molecule has 0 amide bonds. The Morgan fingerprint density at radius 2 is 1.26 bits per heavy atom. The summed E-state index contributed by atoms with van der Waals surface area (Å²) < 4.78 is 0. The molecule has 0 aromatic heterocycles. The fraction of sp³-hybridized carbons (Fsp3) is 0. The number of hydrogen-bond acceptors (Lipinski definition) is 2. The number of benzene rings is 3. The SMILES string of the molecule is O=C(/C=C/Nc1ccccc1)c1ccc(-c2ccccc2)cc1. The van der Waals surface area contributed by atoms with Crippen molar-refractivity contribution in [3.05, 3.63) is 103 Å². The van der Waals surface area contributed by atoms with E-state index in [0.29, 0.717) is 5.56 Å². The minimum absolute atomic E-state index is 0.0203. The van der Waals surface area contributed by atoms with Crippen molar-refractivity contribution < 1.29 is 4.79 Å². The summed E-state index contributed by atoms with van der Waals surface area (Å²) in [6.45, 7) is 0. The van der Waals surface area contributed by atoms with Gasteiger partial charge in [0.25, 0.3) is 0 Å². The second kappa shape index (κ2) is 7.23. The highest BCUT2D eigenvalue weighted by Gasteiger charge is 2.02. The molecule has 0 aliphatic heterocycles. The predicted molar refractivity (Wildman–Crippen MR) is 95.4 cm³/mol. The van der Waals surface area contributed by atoms with Gasteiger partial charge in [0, 0.05) is 23.5 Å². The number of para-hydroxylation sites is 1. The molecule has 0 aliphatic rings. The van der Waals surface area contributed by atoms with Crippen LogP contribution in [0.25, 0.3) is 11.1 Å². The molecular formula is C21H17NO. The Labute approximate surface area is 136 Å². The van der Waals surface area contributed by atoms with Crippen molar-refractivity contribution in [1.29, 1.82) is 0 Å². The highest BCUT2D eigenvalue weighted by molar-refractivity contribution is 6.04. The third kappa shape index (κ3) is 3.95. The van der Waals surface area contributed by atoms with Crippen molar-refractivity contribution in [1.82, 2.24) is 0 Å². The van der Waals surface area contributed by atoms with E-state index in [4.69, 9.17) is 0 Å². The zero-order valence-electron chi connectivity index (χ0n) is 12.6. The molecule has 0 radical (unpaired) electrons. The van der Waals surface area contributed by atoms with Gasteiger partial charge >= 0.3 is 0 Å². The molecule has 0 spiro atoms. The molecule has 0 saturated carbocycles. The highest BCUT2D eigenvalue weighted by Crippen LogP contribution is 2.19. The standard InChI is InChI=1S/C21H17NO/c23-21(15-16-22-20-9-5-2-6-10-20)19-13-11-18(12-14-19)17-7-3-1-4-8-17/h1-16,22H/b16-15+. The van der Waals surface area contributed by atoms with E-state index in [2.05, 4.69) is 17.4 Å². The lowest BCUT2D eigenvalue weighted by Gasteiger charge is -2.03. The Bertz CT molecular complexity index is 790. The van der Waals surface area contributed by atoms with Gasteiger partial charge in [0.15, 0.2) is 5.78 Å². The molecule has 23 heavy (non-hydrogen) atoms. The smallest absolute Gasteiger partial charge is 0.187 e. The molecule has 0 aliphatic carbocycles. The second-order valence-corrected chi connectivity index (χ2v) is 5.15. The zero-order chi connectivity index (χ0) is 15.9. The van der Waals surface area contributed by atoms with Gasteiger partial charge in [-0.1, -0.05) is 72.8 Å². The van der Waals surface area contributed by atoms with Crippen LogP contribution < -0.4 is 5.32 Å². The zero-order valence-corrected chi connectivity index (χ0v) is 12.6. The molecule has 0 atom stereocenters. The van der Waals surface area contributed by atoms with E-state index in [-0.39, 0.29) is 5.78 Å². The molecular weight excluding hydrogens is 282 g/mol. The lowest BCUT2D eigenvalue weighted by Crippen LogP contribution is -1.96. The molecule has 3 aromatic rings. The average Bonchev–Trinajstić information content (AvgIpc) is 2.63. The Hall–Kier alpha value is -3.13. The first-order chi connectivity index (χ1) is 11.3. The van der Waals surface area contributed by atoms with Crippen LogP contribution >= 0.6 is 0 Å². The molecule has 3 rings (SSSR count). The molecule has 2 nitrogen and oxygen atoms in total. The number of allylic oxidation sites excluding steroid dienone is 1. The fourth-order valence-electron chi connectivity index (χ4n) is 2.30. The number of anilines is 1. The van der Waals surface area contributed by atoms with E-state index in [9.17, 15) is 4.79 Å². The lowest BCUT2D eigenvalue weighted by molar-refractivity contribution is 0.104. The first-order valence-corrected chi connectivity index (χ1v) is 7.51. The molecule has 0 saturated heterocycles. The second-order valence-electron chi connectivity index (χ2n) is 5.15. The van der Waals surface area contributed by atoms with Gasteiger partial charge in [0.2, 0.25) is 0 Å². The van der Waals surface area contributed by atoms with Crippen LogP contribution in [0.5, 0.6) is 0 Å². The van der Waals surface area contributed by atoms with Crippen molar-refractivity contribution in [2.75, 3.05) is 5.32 Å². The number of nitrogens with one attached hydrogen (secondary N) is 1. The predicted octanol–water partition coefficient (Wildman–Crippen LogP) is 5.16. The van der Waals surface area contributed by atoms with E-state index in [1.165, 1.54) is 0 Å². The van der Waals surface area contributed by atoms with Gasteiger partial charge in [-0.15, -0.1) is 0 Å². The van der Waals surface area contributed by atoms with Crippen molar-refractivity contribution in [3.8, 4) is 11.1 Å². The van der Waals surface area contributed by atoms with Gasteiger partial charge < -0.3 is 5.32 Å². The summed E-state index contributed by atoms with van der Waals surface area (Å²) in [4.78, 5) is 12.2. The van der Waals surface area contributed by atoms with E-state index in [1.54, 1.807) is 12.3 Å². The highest BCUT2D eigenvalue weighted by atomic mass is 16.1. The van der Waals surface area contributed by atoms with Crippen LogP contribution in [0.3, 0.4) is 0 Å². The summed E-state index contributed by atoms with van der Waals surface area (Å²) in [5.41, 5.74) is 3.88. The Morgan fingerprint density at radius 1 is 0.696 bits per heavy atom. The van der Waals surface area contributed by atoms with Gasteiger partial charge in [-0.05, 0) is 23.3 Å². The molecule has 0 heterocycles. The number of carbonyl (C=O) groups excluding carboxylic acids is 1. The monoisotopic (exact) mass is 299 g/mol. The summed E-state index contributed by atoms with van der Waals surface area (Å²) in [6.07, 6.45) is 3.22. The van der Waals surface area contributed by atoms with Crippen molar-refractivity contribution in [3.63, 3.8) is 0 Å². The van der Waals surface area contributed by atoms with Crippen LogP contribution in [-0.4, -0.2) is 5.78 Å². The van der Waals surface area contributed by atoms with Gasteiger partial charge in [-0.2, -0.15) is 0 Å². The largest absolute Gasteiger partial charge is 0.362 e. The van der Waals surface area contributed by atoms with Crippen molar-refractivity contribution in [2.45, 2.75) is 0 Å². The van der Waals surface area contributed by atoms with Crippen molar-refractivity contribution >= 4 is 11.5 Å². The first kappa shape index (κ1) is 14.8. The van der Waals surface area contributed by atoms with Crippen LogP contribution in [0.1, 0.15) is 10.4 Å². The van der Waals surface area contributed by atoms with Gasteiger partial charge in [0.05, 0.1) is 0 Å². The molecule has 0 bridgehead atoms. The topological polar surface area (TPSA) is 29.1 Å². The minimum Gasteiger partial charge on any atom is -0.362 e. The number of carbonyl (C=O) groups is 1. The van der Waals surface area contributed by atoms with Crippen molar-refractivity contribution in [2.24, 2.45) is 0 Å². The van der Waals surface area contributed by atoms with Crippen LogP contribution in [0.4, 0.5) is 5.69 Å². The van der Waals surface area contributed by atoms with Gasteiger partial charge in [0.1, 0.15) is 0 Å². The molecule has 1 N–H and O–H groups in total. The molecule has 0 fully saturated rings. The van der Waals surface area contributed by atoms with Gasteiger partial charge in [-0.25, -0.2) is 0 Å². The maximum atomic E-state index is 12.2. The number of hydrogen-bond donors (Lipinski definition) is 1. The Kier molecular flexibility index (Phi) is 4.65. The van der Waals surface area contributed by atoms with E-state index >= 15 is 0 Å². The van der Waals surface area contributed by atoms with Crippen LogP contribution in [-0.2, 0) is 0 Å². The molecule has 0 unspecified atom stereocenters. The summed E-state index contributed by atoms with van der Waals surface area (Å²) in [6, 6.07) is 27.5. The first-order valence-electron chi connectivity index (χ1n) is 7.51. The average molecular weight is 299 g/mol. The molecule has 112 valence electrons. The quantitative estimate of drug-likeness (QED) is 0.520. The van der Waals surface area contributed by atoms with E-state index < -0.39 is 0 Å². The molecule has 2 heteroatoms. The van der Waals surface area contributed by atoms with Crippen LogP contribution in [0, 0.1) is 0 Å². The molecule has 3 aromatic carbocycles. The number of ketones is 1. The summed E-state index contributed by atoms with van der Waals surface area (Å²) >= 11 is 0. The Balaban J connectivity index is 1.66. The maximum absolute atomic E-state index is 12.2. The lowest BCUT2D eigenvalue weighted by atomic mass is 10.0. The van der Waals surface area contributed by atoms with Crippen LogP contribution in [0.15, 0.2) is 97.2 Å². The van der Waals surface area contributed by atoms with Gasteiger partial charge in [-0.3, -0.25) is 4.79 Å². The summed E-state index contributed by atoms with van der Waals surface area (Å²) in [5.74, 6) is -0.0203.